The van der Waals surface area contributed by atoms with E-state index in [9.17, 15) is 4.79 Å². The summed E-state index contributed by atoms with van der Waals surface area (Å²) in [7, 11) is 0. The van der Waals surface area contributed by atoms with E-state index in [0.717, 1.165) is 27.9 Å². The van der Waals surface area contributed by atoms with Gasteiger partial charge in [0.05, 0.1) is 35.5 Å². The first-order valence-corrected chi connectivity index (χ1v) is 8.41. The highest BCUT2D eigenvalue weighted by molar-refractivity contribution is 5.81. The predicted octanol–water partition coefficient (Wildman–Crippen LogP) is 2.05. The van der Waals surface area contributed by atoms with Gasteiger partial charge in [0.2, 0.25) is 5.91 Å². The van der Waals surface area contributed by atoms with Crippen LogP contribution < -0.4 is 5.73 Å². The highest BCUT2D eigenvalue weighted by atomic mass is 16.3. The zero-order valence-electron chi connectivity index (χ0n) is 13.8. The van der Waals surface area contributed by atoms with Crippen molar-refractivity contribution in [2.24, 2.45) is 11.7 Å². The number of carbonyl (C=O) groups excluding carboxylic acids is 1. The van der Waals surface area contributed by atoms with Crippen LogP contribution >= 0.6 is 0 Å². The summed E-state index contributed by atoms with van der Waals surface area (Å²) in [5, 5.41) is 16.7. The molecule has 0 spiro atoms. The third-order valence-corrected chi connectivity index (χ3v) is 5.06. The van der Waals surface area contributed by atoms with Gasteiger partial charge in [-0.3, -0.25) is 9.89 Å². The number of benzene rings is 1. The number of nitrogens with two attached hydrogens (primary N) is 1. The van der Waals surface area contributed by atoms with Crippen molar-refractivity contribution in [2.75, 3.05) is 0 Å². The second kappa shape index (κ2) is 5.55. The molecule has 3 aromatic heterocycles. The summed E-state index contributed by atoms with van der Waals surface area (Å²) in [5.74, 6) is 0.862. The van der Waals surface area contributed by atoms with Gasteiger partial charge < -0.3 is 14.7 Å². The van der Waals surface area contributed by atoms with E-state index in [4.69, 9.17) is 10.2 Å². The number of fused-ring (bicyclic) bond motifs is 2. The van der Waals surface area contributed by atoms with Gasteiger partial charge in [0.1, 0.15) is 12.1 Å². The van der Waals surface area contributed by atoms with Gasteiger partial charge in [-0.15, -0.1) is 10.2 Å². The minimum Gasteiger partial charge on any atom is -0.472 e. The lowest BCUT2D eigenvalue weighted by molar-refractivity contribution is -0.123. The number of furan rings is 1. The summed E-state index contributed by atoms with van der Waals surface area (Å²) in [4.78, 5) is 12.2. The van der Waals surface area contributed by atoms with E-state index < -0.39 is 0 Å². The number of nitrogens with zero attached hydrogens (tertiary/aromatic N) is 4. The molecule has 1 aliphatic heterocycles. The van der Waals surface area contributed by atoms with Crippen LogP contribution in [-0.2, 0) is 11.2 Å². The summed E-state index contributed by atoms with van der Waals surface area (Å²) in [6, 6.07) is 7.56. The molecule has 5 rings (SSSR count). The Bertz CT molecular complexity index is 1090. The first kappa shape index (κ1) is 14.9. The molecular weight excluding hydrogens is 332 g/mol. The lowest BCUT2D eigenvalue weighted by atomic mass is 9.85. The number of nitrogens with one attached hydrogen (secondary N) is 1. The molecule has 0 bridgehead atoms. The van der Waals surface area contributed by atoms with Gasteiger partial charge in [0.15, 0.2) is 5.82 Å². The van der Waals surface area contributed by atoms with Gasteiger partial charge in [0.25, 0.3) is 0 Å². The molecule has 4 heterocycles. The van der Waals surface area contributed by atoms with Crippen molar-refractivity contribution in [2.45, 2.75) is 18.9 Å². The fourth-order valence-electron chi connectivity index (χ4n) is 3.82. The number of rotatable bonds is 3. The van der Waals surface area contributed by atoms with E-state index >= 15 is 0 Å². The molecule has 0 saturated carbocycles. The predicted molar refractivity (Wildman–Crippen MR) is 93.0 cm³/mol. The average molecular weight is 348 g/mol. The number of H-pyrrole nitrogens is 1. The van der Waals surface area contributed by atoms with E-state index in [1.807, 2.05) is 28.8 Å². The maximum Gasteiger partial charge on any atom is 0.222 e. The monoisotopic (exact) mass is 348 g/mol. The molecule has 0 saturated heterocycles. The van der Waals surface area contributed by atoms with Crippen LogP contribution in [0.4, 0.5) is 0 Å². The summed E-state index contributed by atoms with van der Waals surface area (Å²) >= 11 is 0. The molecule has 26 heavy (non-hydrogen) atoms. The molecule has 2 unspecified atom stereocenters. The first-order valence-electron chi connectivity index (χ1n) is 8.41. The minimum absolute atomic E-state index is 0.268. The van der Waals surface area contributed by atoms with Gasteiger partial charge in [-0.2, -0.15) is 5.10 Å². The van der Waals surface area contributed by atoms with Gasteiger partial charge in [-0.05, 0) is 30.2 Å². The number of aromatic amines is 1. The molecule has 130 valence electrons. The number of aromatic nitrogens is 5. The Morgan fingerprint density at radius 3 is 3.04 bits per heavy atom. The molecule has 8 heteroatoms. The Hall–Kier alpha value is -3.42. The lowest BCUT2D eigenvalue weighted by Gasteiger charge is -2.32. The maximum atomic E-state index is 12.2. The molecule has 3 N–H and O–H groups in total. The molecule has 1 aromatic carbocycles. The van der Waals surface area contributed by atoms with Crippen molar-refractivity contribution in [3.8, 4) is 11.4 Å². The minimum atomic E-state index is -0.339. The Morgan fingerprint density at radius 1 is 1.31 bits per heavy atom. The van der Waals surface area contributed by atoms with E-state index in [2.05, 4.69) is 20.4 Å². The number of aryl methyl sites for hydroxylation is 1. The third-order valence-electron chi connectivity index (χ3n) is 5.06. The van der Waals surface area contributed by atoms with Crippen molar-refractivity contribution in [1.29, 1.82) is 0 Å². The SMILES string of the molecule is NC(=O)C1CCc2nnc(-c3ccoc3)n2C1c1ccc2[nH]ncc2c1. The second-order valence-electron chi connectivity index (χ2n) is 6.53. The van der Waals surface area contributed by atoms with Gasteiger partial charge in [-0.1, -0.05) is 6.07 Å². The number of hydrogen-bond acceptors (Lipinski definition) is 5. The summed E-state index contributed by atoms with van der Waals surface area (Å²) < 4.78 is 7.23. The highest BCUT2D eigenvalue weighted by Gasteiger charge is 2.37. The Morgan fingerprint density at radius 2 is 2.23 bits per heavy atom. The first-order chi connectivity index (χ1) is 12.7. The Balaban J connectivity index is 1.73. The number of amides is 1. The van der Waals surface area contributed by atoms with Gasteiger partial charge >= 0.3 is 0 Å². The van der Waals surface area contributed by atoms with Crippen molar-refractivity contribution >= 4 is 16.8 Å². The fraction of sp³-hybridized carbons (Fsp3) is 0.222. The number of hydrogen-bond donors (Lipinski definition) is 2. The standard InChI is InChI=1S/C18H16N6O2/c19-17(25)13-2-4-15-22-23-18(11-5-6-26-9-11)24(15)16(13)10-1-3-14-12(7-10)8-20-21-14/h1,3,5-9,13,16H,2,4H2,(H2,19,25)(H,20,21). The Labute approximate surface area is 148 Å². The van der Waals surface area contributed by atoms with E-state index in [1.165, 1.54) is 0 Å². The molecule has 1 aliphatic rings. The van der Waals surface area contributed by atoms with Crippen LogP contribution in [0.1, 0.15) is 23.9 Å². The lowest BCUT2D eigenvalue weighted by Crippen LogP contribution is -2.37. The molecular formula is C18H16N6O2. The van der Waals surface area contributed by atoms with Gasteiger partial charge in [-0.25, -0.2) is 0 Å². The average Bonchev–Trinajstić information content (AvgIpc) is 3.38. The normalized spacial score (nSPS) is 19.5. The van der Waals surface area contributed by atoms with Crippen LogP contribution in [0.2, 0.25) is 0 Å². The molecule has 8 nitrogen and oxygen atoms in total. The maximum absolute atomic E-state index is 12.2. The number of carbonyl (C=O) groups is 1. The zero-order chi connectivity index (χ0) is 17.7. The zero-order valence-corrected chi connectivity index (χ0v) is 13.8. The molecule has 0 radical (unpaired) electrons. The smallest absolute Gasteiger partial charge is 0.222 e. The summed E-state index contributed by atoms with van der Waals surface area (Å²) in [5.41, 5.74) is 8.50. The van der Waals surface area contributed by atoms with Crippen LogP contribution in [0.15, 0.2) is 47.4 Å². The van der Waals surface area contributed by atoms with Crippen LogP contribution in [-0.4, -0.2) is 30.9 Å². The largest absolute Gasteiger partial charge is 0.472 e. The third kappa shape index (κ3) is 2.15. The molecule has 1 amide bonds. The van der Waals surface area contributed by atoms with Crippen molar-refractivity contribution in [3.05, 3.63) is 54.4 Å². The highest BCUT2D eigenvalue weighted by Crippen LogP contribution is 2.39. The quantitative estimate of drug-likeness (QED) is 0.588. The summed E-state index contributed by atoms with van der Waals surface area (Å²) in [6.45, 7) is 0. The van der Waals surface area contributed by atoms with Crippen molar-refractivity contribution in [3.63, 3.8) is 0 Å². The van der Waals surface area contributed by atoms with E-state index in [0.29, 0.717) is 18.7 Å². The topological polar surface area (TPSA) is 116 Å². The molecule has 4 aromatic rings. The van der Waals surface area contributed by atoms with Crippen LogP contribution in [0, 0.1) is 5.92 Å². The fourth-order valence-corrected chi connectivity index (χ4v) is 3.82. The summed E-state index contributed by atoms with van der Waals surface area (Å²) in [6.07, 6.45) is 6.29. The number of primary amides is 1. The van der Waals surface area contributed by atoms with Crippen molar-refractivity contribution in [1.82, 2.24) is 25.0 Å². The molecule has 0 fully saturated rings. The molecule has 0 aliphatic carbocycles. The van der Waals surface area contributed by atoms with Crippen LogP contribution in [0.3, 0.4) is 0 Å². The van der Waals surface area contributed by atoms with Crippen LogP contribution in [0.25, 0.3) is 22.3 Å². The van der Waals surface area contributed by atoms with Gasteiger partial charge in [0, 0.05) is 11.8 Å². The Kier molecular flexibility index (Phi) is 3.18. The van der Waals surface area contributed by atoms with Crippen molar-refractivity contribution < 1.29 is 9.21 Å². The molecule has 2 atom stereocenters. The second-order valence-corrected chi connectivity index (χ2v) is 6.53. The van der Waals surface area contributed by atoms with Crippen LogP contribution in [0.5, 0.6) is 0 Å². The van der Waals surface area contributed by atoms with E-state index in [1.54, 1.807) is 18.7 Å². The van der Waals surface area contributed by atoms with E-state index in [-0.39, 0.29) is 17.9 Å².